The van der Waals surface area contributed by atoms with Crippen LogP contribution in [0.1, 0.15) is 44.5 Å². The van der Waals surface area contributed by atoms with Gasteiger partial charge in [-0.25, -0.2) is 0 Å². The van der Waals surface area contributed by atoms with Gasteiger partial charge in [-0.05, 0) is 44.2 Å². The molecular formula is C14H24N2. The molecule has 1 heterocycles. The molecule has 0 spiro atoms. The van der Waals surface area contributed by atoms with Gasteiger partial charge in [0.05, 0.1) is 0 Å². The standard InChI is InChI=1S/C14H24N2/c1-10-6-5-7-14(13(10)4)15-16-11(2)8-9-12(16)3/h8-10,13-15H,5-7H2,1-4H3. The maximum atomic E-state index is 3.69. The normalized spacial score (nSPS) is 30.4. The zero-order valence-corrected chi connectivity index (χ0v) is 11.0. The Kier molecular flexibility index (Phi) is 3.27. The van der Waals surface area contributed by atoms with E-state index in [9.17, 15) is 0 Å². The van der Waals surface area contributed by atoms with Gasteiger partial charge in [-0.15, -0.1) is 0 Å². The Bertz CT molecular complexity index is 334. The molecule has 1 N–H and O–H groups in total. The van der Waals surface area contributed by atoms with Crippen LogP contribution >= 0.6 is 0 Å². The molecule has 0 aliphatic heterocycles. The Hall–Kier alpha value is -0.920. The van der Waals surface area contributed by atoms with Gasteiger partial charge in [0.2, 0.25) is 0 Å². The first kappa shape index (κ1) is 11.6. The molecule has 2 heteroatoms. The third-order valence-electron chi connectivity index (χ3n) is 4.27. The molecule has 1 aromatic rings. The van der Waals surface area contributed by atoms with Gasteiger partial charge in [0, 0.05) is 17.4 Å². The van der Waals surface area contributed by atoms with Gasteiger partial charge < -0.3 is 5.43 Å². The molecule has 1 aromatic heterocycles. The van der Waals surface area contributed by atoms with E-state index in [4.69, 9.17) is 0 Å². The average molecular weight is 220 g/mol. The zero-order valence-electron chi connectivity index (χ0n) is 11.0. The third-order valence-corrected chi connectivity index (χ3v) is 4.27. The lowest BCUT2D eigenvalue weighted by Crippen LogP contribution is -2.39. The zero-order chi connectivity index (χ0) is 11.7. The van der Waals surface area contributed by atoms with Crippen LogP contribution in [0.15, 0.2) is 12.1 Å². The average Bonchev–Trinajstić information content (AvgIpc) is 2.56. The van der Waals surface area contributed by atoms with E-state index in [0.29, 0.717) is 6.04 Å². The second kappa shape index (κ2) is 4.52. The van der Waals surface area contributed by atoms with Gasteiger partial charge in [0.1, 0.15) is 0 Å². The molecule has 1 fully saturated rings. The molecule has 1 aliphatic carbocycles. The predicted octanol–water partition coefficient (Wildman–Crippen LogP) is 3.47. The van der Waals surface area contributed by atoms with E-state index in [2.05, 4.69) is 49.9 Å². The van der Waals surface area contributed by atoms with Crippen molar-refractivity contribution in [1.82, 2.24) is 4.68 Å². The SMILES string of the molecule is Cc1ccc(C)n1NC1CCCC(C)C1C. The number of hydrogen-bond acceptors (Lipinski definition) is 1. The number of nitrogens with zero attached hydrogens (tertiary/aromatic N) is 1. The highest BCUT2D eigenvalue weighted by molar-refractivity contribution is 5.16. The Labute approximate surface area is 99.0 Å². The lowest BCUT2D eigenvalue weighted by atomic mass is 9.78. The second-order valence-corrected chi connectivity index (χ2v) is 5.45. The van der Waals surface area contributed by atoms with Crippen molar-refractivity contribution in [1.29, 1.82) is 0 Å². The van der Waals surface area contributed by atoms with Crippen LogP contribution < -0.4 is 5.43 Å². The molecule has 0 aromatic carbocycles. The summed E-state index contributed by atoms with van der Waals surface area (Å²) in [4.78, 5) is 0. The summed E-state index contributed by atoms with van der Waals surface area (Å²) in [5, 5.41) is 0. The van der Waals surface area contributed by atoms with Crippen molar-refractivity contribution in [3.63, 3.8) is 0 Å². The summed E-state index contributed by atoms with van der Waals surface area (Å²) < 4.78 is 2.25. The van der Waals surface area contributed by atoms with Crippen LogP contribution in [-0.2, 0) is 0 Å². The van der Waals surface area contributed by atoms with Gasteiger partial charge in [-0.2, -0.15) is 0 Å². The number of aryl methyl sites for hydroxylation is 2. The Morgan fingerprint density at radius 2 is 1.75 bits per heavy atom. The number of rotatable bonds is 2. The fraction of sp³-hybridized carbons (Fsp3) is 0.714. The smallest absolute Gasteiger partial charge is 0.0452 e. The number of nitrogens with one attached hydrogen (secondary N) is 1. The summed E-state index contributed by atoms with van der Waals surface area (Å²) in [5.41, 5.74) is 6.31. The van der Waals surface area contributed by atoms with E-state index in [1.165, 1.54) is 30.7 Å². The Balaban J connectivity index is 2.09. The fourth-order valence-corrected chi connectivity index (χ4v) is 2.80. The fourth-order valence-electron chi connectivity index (χ4n) is 2.80. The minimum Gasteiger partial charge on any atom is -0.323 e. The van der Waals surface area contributed by atoms with E-state index >= 15 is 0 Å². The summed E-state index contributed by atoms with van der Waals surface area (Å²) in [6.07, 6.45) is 4.06. The van der Waals surface area contributed by atoms with Crippen LogP contribution in [-0.4, -0.2) is 10.7 Å². The van der Waals surface area contributed by atoms with Crippen LogP contribution in [0.3, 0.4) is 0 Å². The Morgan fingerprint density at radius 3 is 2.38 bits per heavy atom. The van der Waals surface area contributed by atoms with Crippen molar-refractivity contribution >= 4 is 0 Å². The predicted molar refractivity (Wildman–Crippen MR) is 69.2 cm³/mol. The molecule has 2 nitrogen and oxygen atoms in total. The van der Waals surface area contributed by atoms with Gasteiger partial charge in [0.15, 0.2) is 0 Å². The molecule has 1 saturated carbocycles. The Morgan fingerprint density at radius 1 is 1.12 bits per heavy atom. The highest BCUT2D eigenvalue weighted by Crippen LogP contribution is 2.30. The molecule has 16 heavy (non-hydrogen) atoms. The van der Waals surface area contributed by atoms with Crippen molar-refractivity contribution in [3.05, 3.63) is 23.5 Å². The van der Waals surface area contributed by atoms with E-state index in [1.807, 2.05) is 0 Å². The topological polar surface area (TPSA) is 17.0 Å². The first-order valence-electron chi connectivity index (χ1n) is 6.51. The molecule has 2 rings (SSSR count). The maximum Gasteiger partial charge on any atom is 0.0452 e. The van der Waals surface area contributed by atoms with Crippen molar-refractivity contribution in [2.45, 2.75) is 53.0 Å². The van der Waals surface area contributed by atoms with Crippen molar-refractivity contribution < 1.29 is 0 Å². The molecule has 0 radical (unpaired) electrons. The van der Waals surface area contributed by atoms with Crippen molar-refractivity contribution in [2.75, 3.05) is 5.43 Å². The first-order valence-corrected chi connectivity index (χ1v) is 6.51. The van der Waals surface area contributed by atoms with E-state index in [-0.39, 0.29) is 0 Å². The summed E-state index contributed by atoms with van der Waals surface area (Å²) in [5.74, 6) is 1.62. The molecule has 3 atom stereocenters. The number of hydrogen-bond donors (Lipinski definition) is 1. The van der Waals surface area contributed by atoms with Gasteiger partial charge >= 0.3 is 0 Å². The van der Waals surface area contributed by atoms with Crippen LogP contribution in [0.25, 0.3) is 0 Å². The highest BCUT2D eigenvalue weighted by Gasteiger charge is 2.27. The monoisotopic (exact) mass is 220 g/mol. The second-order valence-electron chi connectivity index (χ2n) is 5.45. The lowest BCUT2D eigenvalue weighted by molar-refractivity contribution is 0.242. The van der Waals surface area contributed by atoms with Gasteiger partial charge in [-0.3, -0.25) is 4.68 Å². The maximum absolute atomic E-state index is 3.69. The molecule has 3 unspecified atom stereocenters. The van der Waals surface area contributed by atoms with E-state index in [1.54, 1.807) is 0 Å². The molecule has 0 amide bonds. The van der Waals surface area contributed by atoms with E-state index in [0.717, 1.165) is 11.8 Å². The minimum absolute atomic E-state index is 0.633. The summed E-state index contributed by atoms with van der Waals surface area (Å²) >= 11 is 0. The molecule has 0 bridgehead atoms. The van der Waals surface area contributed by atoms with Crippen molar-refractivity contribution in [2.24, 2.45) is 11.8 Å². The first-order chi connectivity index (χ1) is 7.59. The summed E-state index contributed by atoms with van der Waals surface area (Å²) in [6, 6.07) is 4.99. The number of aromatic nitrogens is 1. The molecule has 0 saturated heterocycles. The largest absolute Gasteiger partial charge is 0.323 e. The van der Waals surface area contributed by atoms with Crippen LogP contribution in [0.4, 0.5) is 0 Å². The highest BCUT2D eigenvalue weighted by atomic mass is 15.4. The van der Waals surface area contributed by atoms with Crippen molar-refractivity contribution in [3.8, 4) is 0 Å². The van der Waals surface area contributed by atoms with Crippen LogP contribution in [0.5, 0.6) is 0 Å². The molecule has 1 aliphatic rings. The summed E-state index contributed by atoms with van der Waals surface area (Å²) in [6.45, 7) is 9.09. The van der Waals surface area contributed by atoms with Crippen LogP contribution in [0.2, 0.25) is 0 Å². The van der Waals surface area contributed by atoms with E-state index < -0.39 is 0 Å². The lowest BCUT2D eigenvalue weighted by Gasteiger charge is -2.36. The van der Waals surface area contributed by atoms with Crippen LogP contribution in [0, 0.1) is 25.7 Å². The molecular weight excluding hydrogens is 196 g/mol. The third kappa shape index (κ3) is 2.11. The quantitative estimate of drug-likeness (QED) is 0.807. The van der Waals surface area contributed by atoms with Gasteiger partial charge in [0.25, 0.3) is 0 Å². The minimum atomic E-state index is 0.633. The molecule has 90 valence electrons. The van der Waals surface area contributed by atoms with Gasteiger partial charge in [-0.1, -0.05) is 26.7 Å². The summed E-state index contributed by atoms with van der Waals surface area (Å²) in [7, 11) is 0.